The zero-order valence-electron chi connectivity index (χ0n) is 80.7. The molecule has 0 spiro atoms. The number of nitrogen functional groups attached to an aromatic ring is 2. The van der Waals surface area contributed by atoms with Gasteiger partial charge in [0.05, 0.1) is 323 Å². The number of nitrogens with zero attached hydrogens (tertiary/aromatic N) is 6. The number of unbranched alkanes of at least 4 members (excludes halogenated alkanes) is 6. The van der Waals surface area contributed by atoms with Crippen molar-refractivity contribution in [2.45, 2.75) is 124 Å². The SMILES string of the molecule is CCCCc1nc2c([nH]1)c(N)nc1cc(CCCCC[N+](C)(C)CCOCCOCCOCCOCCOCCOCCOCCOCCOCCOCCC(=O)Oc3c(F)c(F)cc(F)c3F)ccc12.CCCCc1nc2c([nH]1)c(N)nc1cc(CCCCC[N+](C)(C)CCOCCOCCOCCOCCOCCOCCOCCOCCOCCOCCC(C)=O)ccc12.[CH3-]. The van der Waals surface area contributed by atoms with E-state index in [0.717, 1.165) is 161 Å². The molecule has 0 aliphatic rings. The largest absolute Gasteiger partial charge is 0.420 e. The van der Waals surface area contributed by atoms with Crippen LogP contribution in [0.5, 0.6) is 5.75 Å². The Labute approximate surface area is 784 Å². The summed E-state index contributed by atoms with van der Waals surface area (Å²) in [5.74, 6) is -6.37. The van der Waals surface area contributed by atoms with E-state index in [1.807, 2.05) is 0 Å². The summed E-state index contributed by atoms with van der Waals surface area (Å²) in [6.45, 7) is 28.3. The van der Waals surface area contributed by atoms with Gasteiger partial charge in [0.1, 0.15) is 64.2 Å². The number of aryl methyl sites for hydroxylation is 4. The van der Waals surface area contributed by atoms with Crippen LogP contribution in [0.4, 0.5) is 29.2 Å². The maximum atomic E-state index is 13.6. The van der Waals surface area contributed by atoms with Crippen molar-refractivity contribution in [2.75, 3.05) is 330 Å². The number of ketones is 1. The molecule has 756 valence electrons. The van der Waals surface area contributed by atoms with Crippen molar-refractivity contribution in [3.8, 4) is 5.75 Å². The molecular formula is C96H157F4N10O23+. The Kier molecular flexibility index (Phi) is 64.1. The second-order valence-corrected chi connectivity index (χ2v) is 32.8. The molecule has 4 heterocycles. The van der Waals surface area contributed by atoms with Crippen LogP contribution in [0.1, 0.15) is 121 Å². The van der Waals surface area contributed by atoms with Crippen molar-refractivity contribution in [2.24, 2.45) is 0 Å². The van der Waals surface area contributed by atoms with Crippen LogP contribution in [0.25, 0.3) is 43.9 Å². The van der Waals surface area contributed by atoms with Gasteiger partial charge in [0, 0.05) is 36.1 Å². The lowest BCUT2D eigenvalue weighted by atomic mass is 10.0. The number of aromatic nitrogens is 6. The molecule has 7 rings (SSSR count). The molecule has 0 fully saturated rings. The van der Waals surface area contributed by atoms with Crippen LogP contribution >= 0.6 is 0 Å². The number of fused-ring (bicyclic) bond motifs is 6. The van der Waals surface area contributed by atoms with Crippen LogP contribution in [-0.2, 0) is 130 Å². The van der Waals surface area contributed by atoms with Gasteiger partial charge in [-0.2, -0.15) is 8.78 Å². The molecule has 0 saturated carbocycles. The van der Waals surface area contributed by atoms with Crippen molar-refractivity contribution in [3.63, 3.8) is 0 Å². The van der Waals surface area contributed by atoms with Crippen LogP contribution in [-0.4, -0.2) is 369 Å². The number of carbonyl (C=O) groups is 2. The molecule has 37 heteroatoms. The first-order valence-corrected chi connectivity index (χ1v) is 47.1. The fourth-order valence-corrected chi connectivity index (χ4v) is 13.2. The number of esters is 1. The van der Waals surface area contributed by atoms with Crippen LogP contribution in [0.3, 0.4) is 0 Å². The first-order chi connectivity index (χ1) is 64.3. The minimum atomic E-state index is -1.79. The van der Waals surface area contributed by atoms with Gasteiger partial charge in [-0.1, -0.05) is 51.0 Å². The molecule has 4 aromatic heterocycles. The lowest BCUT2D eigenvalue weighted by Crippen LogP contribution is -2.43. The monoisotopic (exact) mass is 1890 g/mol. The Morgan fingerprint density at radius 1 is 0.331 bits per heavy atom. The average molecular weight is 1900 g/mol. The number of imidazole rings is 2. The lowest BCUT2D eigenvalue weighted by Gasteiger charge is -2.29. The van der Waals surface area contributed by atoms with E-state index in [4.69, 9.17) is 121 Å². The van der Waals surface area contributed by atoms with E-state index in [0.29, 0.717) is 263 Å². The predicted octanol–water partition coefficient (Wildman–Crippen LogP) is 12.0. The van der Waals surface area contributed by atoms with Crippen molar-refractivity contribution in [1.82, 2.24) is 29.9 Å². The highest BCUT2D eigenvalue weighted by Crippen LogP contribution is 2.31. The topological polar surface area (TPSA) is 363 Å². The summed E-state index contributed by atoms with van der Waals surface area (Å²) < 4.78 is 170. The quantitative estimate of drug-likeness (QED) is 0.00523. The molecule has 0 aliphatic carbocycles. The third-order valence-corrected chi connectivity index (χ3v) is 20.8. The smallest absolute Gasteiger partial charge is 0.313 e. The summed E-state index contributed by atoms with van der Waals surface area (Å²) in [6, 6.07) is 13.1. The number of hydrogen-bond acceptors (Lipinski definition) is 29. The Hall–Kier alpha value is -7.00. The molecule has 7 aromatic rings. The number of H-pyrrole nitrogens is 2. The number of halogens is 4. The summed E-state index contributed by atoms with van der Waals surface area (Å²) in [5, 5.41) is 2.11. The Bertz CT molecular complexity index is 4150. The Balaban J connectivity index is 0.000000472. The number of pyridine rings is 2. The highest BCUT2D eigenvalue weighted by atomic mass is 19.2. The van der Waals surface area contributed by atoms with Gasteiger partial charge in [0.15, 0.2) is 11.6 Å². The number of anilines is 2. The van der Waals surface area contributed by atoms with Gasteiger partial charge in [0.2, 0.25) is 17.4 Å². The van der Waals surface area contributed by atoms with Gasteiger partial charge < -0.3 is 137 Å². The molecule has 3 aromatic carbocycles. The van der Waals surface area contributed by atoms with Crippen LogP contribution in [0.2, 0.25) is 0 Å². The highest BCUT2D eigenvalue weighted by Gasteiger charge is 2.24. The third-order valence-electron chi connectivity index (χ3n) is 20.8. The van der Waals surface area contributed by atoms with Crippen molar-refractivity contribution in [1.29, 1.82) is 0 Å². The van der Waals surface area contributed by atoms with E-state index in [1.165, 1.54) is 30.4 Å². The summed E-state index contributed by atoms with van der Waals surface area (Å²) in [4.78, 5) is 48.4. The number of quaternary nitrogens is 2. The van der Waals surface area contributed by atoms with Gasteiger partial charge in [-0.05, 0) is 94.4 Å². The molecule has 6 N–H and O–H groups in total. The molecule has 0 amide bonds. The van der Waals surface area contributed by atoms with Crippen LogP contribution in [0.15, 0.2) is 42.5 Å². The molecule has 0 saturated heterocycles. The molecule has 133 heavy (non-hydrogen) atoms. The second kappa shape index (κ2) is 73.2. The Morgan fingerprint density at radius 2 is 0.602 bits per heavy atom. The van der Waals surface area contributed by atoms with E-state index in [9.17, 15) is 27.2 Å². The number of benzene rings is 3. The maximum absolute atomic E-state index is 13.6. The number of carbonyl (C=O) groups excluding carboxylic acids is 2. The predicted molar refractivity (Wildman–Crippen MR) is 502 cm³/mol. The normalized spacial score (nSPS) is 11.9. The number of ether oxygens (including phenoxy) is 21. The number of nitrogens with one attached hydrogen (secondary N) is 2. The number of Topliss-reactive ketones (excluding diaryl/α,β-unsaturated/α-hetero) is 1. The summed E-state index contributed by atoms with van der Waals surface area (Å²) >= 11 is 0. The average Bonchev–Trinajstić information content (AvgIpc) is 1.64. The van der Waals surface area contributed by atoms with Crippen LogP contribution < -0.4 is 16.2 Å². The number of rotatable bonds is 85. The number of likely N-dealkylation sites (N-methyl/N-ethyl adjacent to an activating group) is 2. The van der Waals surface area contributed by atoms with E-state index < -0.39 is 41.4 Å². The van der Waals surface area contributed by atoms with Gasteiger partial charge in [-0.25, -0.2) is 28.7 Å². The molecule has 0 unspecified atom stereocenters. The van der Waals surface area contributed by atoms with E-state index >= 15 is 0 Å². The zero-order valence-corrected chi connectivity index (χ0v) is 80.7. The van der Waals surface area contributed by atoms with Crippen molar-refractivity contribution < 1.29 is 136 Å². The zero-order chi connectivity index (χ0) is 94.6. The van der Waals surface area contributed by atoms with Gasteiger partial charge in [-0.15, -0.1) is 0 Å². The van der Waals surface area contributed by atoms with Crippen LogP contribution in [0, 0.1) is 30.7 Å². The van der Waals surface area contributed by atoms with E-state index in [2.05, 4.69) is 98.1 Å². The number of aromatic amines is 2. The van der Waals surface area contributed by atoms with Gasteiger partial charge >= 0.3 is 5.97 Å². The molecular weight excluding hydrogens is 1740 g/mol. The molecule has 0 atom stereocenters. The Morgan fingerprint density at radius 3 is 0.880 bits per heavy atom. The standard InChI is InChI=1S/C50H76F4N5O12.C45H78N5O11.CH3/c1-4-5-10-43-57-47-39-12-11-38(36-42(39)56-50(55)48(47)58-43)9-7-6-8-14-59(2,3)15-17-62-19-21-64-23-25-66-27-29-68-31-33-70-35-34-69-32-30-67-28-26-65-24-22-63-20-18-61-16-13-44(60)71-49-45(53)40(51)37-41(52)46(49)54;1-5-6-11-42-48-43-40-13-12-39(37-41(40)47-45(46)44(43)49-42)10-8-7-9-15-50(3,4)16-18-53-20-22-55-24-26-57-28-30-59-32-34-61-36-35-60-33-31-58-29-27-56-25-23-54-21-19-52-17-14-38(2)51;/h11-12,36-37H,4-10,13-35H2,1-3H3,(H2,55,56)(H,57,58);12-13,37H,5-11,14-36H2,1-4H3,(H2,46,47)(H,48,49);1H3/q2*+1;-1. The maximum Gasteiger partial charge on any atom is 0.313 e. The minimum Gasteiger partial charge on any atom is -0.420 e. The molecule has 0 aliphatic heterocycles. The molecule has 0 bridgehead atoms. The first kappa shape index (κ1) is 116. The number of hydrogen-bond donors (Lipinski definition) is 4. The minimum absolute atomic E-state index is 0. The van der Waals surface area contributed by atoms with E-state index in [1.54, 1.807) is 6.92 Å². The first-order valence-electron chi connectivity index (χ1n) is 47.1. The van der Waals surface area contributed by atoms with Crippen molar-refractivity contribution in [3.05, 3.63) is 95.9 Å². The van der Waals surface area contributed by atoms with E-state index in [-0.39, 0.29) is 39.1 Å². The van der Waals surface area contributed by atoms with Gasteiger partial charge in [0.25, 0.3) is 0 Å². The van der Waals surface area contributed by atoms with Gasteiger partial charge in [-0.3, -0.25) is 9.59 Å². The fourth-order valence-electron chi connectivity index (χ4n) is 13.2. The fraction of sp³-hybridized carbons (Fsp3) is 0.698. The summed E-state index contributed by atoms with van der Waals surface area (Å²) in [7, 11) is 9.05. The summed E-state index contributed by atoms with van der Waals surface area (Å²) in [6.07, 6.45) is 15.3. The van der Waals surface area contributed by atoms with Crippen molar-refractivity contribution >= 4 is 67.3 Å². The molecule has 33 nitrogen and oxygen atoms in total. The molecule has 0 radical (unpaired) electrons. The lowest BCUT2D eigenvalue weighted by molar-refractivity contribution is -0.891. The second-order valence-electron chi connectivity index (χ2n) is 32.8. The summed E-state index contributed by atoms with van der Waals surface area (Å²) in [5.41, 5.74) is 20.6. The highest BCUT2D eigenvalue weighted by molar-refractivity contribution is 6.07. The third kappa shape index (κ3) is 52.9. The number of nitrogens with two attached hydrogens (primary N) is 2.